The van der Waals surface area contributed by atoms with Crippen LogP contribution in [0, 0.1) is 0 Å². The number of aliphatic imine (C=N–C) groups is 1. The maximum absolute atomic E-state index is 5.87. The Bertz CT molecular complexity index is 852. The summed E-state index contributed by atoms with van der Waals surface area (Å²) in [7, 11) is 0. The Hall–Kier alpha value is -2.35. The fourth-order valence-corrected chi connectivity index (χ4v) is 2.53. The number of nitrogens with zero attached hydrogens (tertiary/aromatic N) is 1. The highest BCUT2D eigenvalue weighted by molar-refractivity contribution is 6.09. The Morgan fingerprint density at radius 1 is 1.10 bits per heavy atom. The van der Waals surface area contributed by atoms with Crippen molar-refractivity contribution < 1.29 is 4.42 Å². The number of fused-ring (bicyclic) bond motifs is 3. The molecule has 0 N–H and O–H groups in total. The molecule has 2 nitrogen and oxygen atoms in total. The van der Waals surface area contributed by atoms with Crippen molar-refractivity contribution in [3.05, 3.63) is 59.8 Å². The average Bonchev–Trinajstić information content (AvgIpc) is 2.90. The molecule has 2 aromatic carbocycles. The van der Waals surface area contributed by atoms with Crippen LogP contribution in [0.5, 0.6) is 0 Å². The number of allylic oxidation sites excluding steroid dienone is 2. The molecule has 0 aliphatic carbocycles. The van der Waals surface area contributed by atoms with Gasteiger partial charge in [-0.25, -0.2) is 0 Å². The van der Waals surface area contributed by atoms with Crippen LogP contribution in [0.15, 0.2) is 63.6 Å². The van der Waals surface area contributed by atoms with Gasteiger partial charge in [0.05, 0.1) is 0 Å². The van der Waals surface area contributed by atoms with Crippen LogP contribution < -0.4 is 0 Å². The van der Waals surface area contributed by atoms with Gasteiger partial charge in [-0.2, -0.15) is 0 Å². The second kappa shape index (κ2) is 5.57. The van der Waals surface area contributed by atoms with Gasteiger partial charge in [0.2, 0.25) is 0 Å². The van der Waals surface area contributed by atoms with E-state index >= 15 is 0 Å². The highest BCUT2D eigenvalue weighted by Gasteiger charge is 2.09. The van der Waals surface area contributed by atoms with Crippen LogP contribution in [0.1, 0.15) is 32.8 Å². The molecule has 0 unspecified atom stereocenters. The van der Waals surface area contributed by atoms with E-state index in [1.165, 1.54) is 0 Å². The molecule has 3 rings (SSSR count). The van der Waals surface area contributed by atoms with E-state index in [0.29, 0.717) is 0 Å². The average molecular weight is 277 g/mol. The van der Waals surface area contributed by atoms with Crippen LogP contribution in [-0.4, -0.2) is 5.71 Å². The second-order valence-corrected chi connectivity index (χ2v) is 5.15. The summed E-state index contributed by atoms with van der Waals surface area (Å²) in [4.78, 5) is 4.70. The molecule has 0 saturated heterocycles. The third-order valence-corrected chi connectivity index (χ3v) is 3.77. The monoisotopic (exact) mass is 277 g/mol. The highest BCUT2D eigenvalue weighted by Crippen LogP contribution is 2.29. The van der Waals surface area contributed by atoms with E-state index in [0.717, 1.165) is 45.3 Å². The van der Waals surface area contributed by atoms with Gasteiger partial charge in [0.15, 0.2) is 0 Å². The smallest absolute Gasteiger partial charge is 0.135 e. The minimum Gasteiger partial charge on any atom is -0.456 e. The van der Waals surface area contributed by atoms with Crippen molar-refractivity contribution in [2.45, 2.75) is 27.2 Å². The molecule has 0 bridgehead atoms. The summed E-state index contributed by atoms with van der Waals surface area (Å²) < 4.78 is 5.87. The Morgan fingerprint density at radius 2 is 1.86 bits per heavy atom. The molecule has 1 aromatic heterocycles. The van der Waals surface area contributed by atoms with Gasteiger partial charge in [-0.15, -0.1) is 0 Å². The van der Waals surface area contributed by atoms with Gasteiger partial charge >= 0.3 is 0 Å². The summed E-state index contributed by atoms with van der Waals surface area (Å²) >= 11 is 0. The Labute approximate surface area is 124 Å². The van der Waals surface area contributed by atoms with Crippen molar-refractivity contribution in [3.8, 4) is 0 Å². The molecule has 0 amide bonds. The molecule has 0 aliphatic rings. The predicted octanol–water partition coefficient (Wildman–Crippen LogP) is 5.71. The largest absolute Gasteiger partial charge is 0.456 e. The molecule has 0 aliphatic heterocycles. The predicted molar refractivity (Wildman–Crippen MR) is 90.0 cm³/mol. The molecular formula is C19H19NO. The van der Waals surface area contributed by atoms with Crippen molar-refractivity contribution in [2.24, 2.45) is 4.99 Å². The number of hydrogen-bond acceptors (Lipinski definition) is 2. The zero-order chi connectivity index (χ0) is 14.8. The molecule has 3 aromatic rings. The molecule has 106 valence electrons. The minimum absolute atomic E-state index is 0.909. The Kier molecular flexibility index (Phi) is 3.61. The SMILES string of the molecule is C/C=C(/C)N=C(CC)c1ccc2oc3ccccc3c2c1. The fourth-order valence-electron chi connectivity index (χ4n) is 2.53. The lowest BCUT2D eigenvalue weighted by molar-refractivity contribution is 0.669. The Morgan fingerprint density at radius 3 is 2.62 bits per heavy atom. The van der Waals surface area contributed by atoms with Crippen molar-refractivity contribution in [3.63, 3.8) is 0 Å². The molecular weight excluding hydrogens is 258 g/mol. The molecule has 2 heteroatoms. The van der Waals surface area contributed by atoms with Crippen LogP contribution in [0.25, 0.3) is 21.9 Å². The number of furan rings is 1. The van der Waals surface area contributed by atoms with Crippen molar-refractivity contribution in [2.75, 3.05) is 0 Å². The summed E-state index contributed by atoms with van der Waals surface area (Å²) in [6.07, 6.45) is 2.94. The van der Waals surface area contributed by atoms with Gasteiger partial charge in [0.25, 0.3) is 0 Å². The third kappa shape index (κ3) is 2.49. The van der Waals surface area contributed by atoms with Crippen LogP contribution in [0.4, 0.5) is 0 Å². The molecule has 0 fully saturated rings. The zero-order valence-corrected chi connectivity index (χ0v) is 12.7. The quantitative estimate of drug-likeness (QED) is 0.563. The van der Waals surface area contributed by atoms with Crippen LogP contribution in [-0.2, 0) is 0 Å². The molecule has 0 radical (unpaired) electrons. The molecule has 0 spiro atoms. The van der Waals surface area contributed by atoms with Crippen LogP contribution in [0.2, 0.25) is 0 Å². The standard InChI is InChI=1S/C19H19NO/c1-4-13(3)20-17(5-2)14-10-11-19-16(12-14)15-8-6-7-9-18(15)21-19/h4,6-12H,5H2,1-3H3/b13-4-,20-17?. The summed E-state index contributed by atoms with van der Waals surface area (Å²) in [5.41, 5.74) is 5.18. The first-order chi connectivity index (χ1) is 10.2. The van der Waals surface area contributed by atoms with E-state index in [-0.39, 0.29) is 0 Å². The highest BCUT2D eigenvalue weighted by atomic mass is 16.3. The van der Waals surface area contributed by atoms with E-state index < -0.39 is 0 Å². The van der Waals surface area contributed by atoms with Gasteiger partial charge in [-0.1, -0.05) is 31.2 Å². The second-order valence-electron chi connectivity index (χ2n) is 5.15. The fraction of sp³-hybridized carbons (Fsp3) is 0.211. The van der Waals surface area contributed by atoms with E-state index in [1.807, 2.05) is 44.2 Å². The first-order valence-corrected chi connectivity index (χ1v) is 7.35. The van der Waals surface area contributed by atoms with E-state index in [2.05, 4.69) is 25.1 Å². The lowest BCUT2D eigenvalue weighted by atomic mass is 10.0. The van der Waals surface area contributed by atoms with E-state index in [9.17, 15) is 0 Å². The van der Waals surface area contributed by atoms with Crippen LogP contribution in [0.3, 0.4) is 0 Å². The van der Waals surface area contributed by atoms with E-state index in [1.54, 1.807) is 0 Å². The zero-order valence-electron chi connectivity index (χ0n) is 12.7. The van der Waals surface area contributed by atoms with Gasteiger partial charge < -0.3 is 4.42 Å². The molecule has 0 saturated carbocycles. The van der Waals surface area contributed by atoms with Crippen molar-refractivity contribution in [1.82, 2.24) is 0 Å². The first kappa shape index (κ1) is 13.6. The third-order valence-electron chi connectivity index (χ3n) is 3.77. The van der Waals surface area contributed by atoms with Crippen LogP contribution >= 0.6 is 0 Å². The topological polar surface area (TPSA) is 25.5 Å². The van der Waals surface area contributed by atoms with E-state index in [4.69, 9.17) is 9.41 Å². The first-order valence-electron chi connectivity index (χ1n) is 7.35. The lowest BCUT2D eigenvalue weighted by Crippen LogP contribution is -1.99. The minimum atomic E-state index is 0.909. The number of rotatable bonds is 3. The summed E-state index contributed by atoms with van der Waals surface area (Å²) in [6, 6.07) is 14.5. The normalized spacial score (nSPS) is 13.3. The van der Waals surface area contributed by atoms with Gasteiger partial charge in [0, 0.05) is 22.2 Å². The van der Waals surface area contributed by atoms with Crippen molar-refractivity contribution >= 4 is 27.7 Å². The Balaban J connectivity index is 2.20. The molecule has 0 atom stereocenters. The summed E-state index contributed by atoms with van der Waals surface area (Å²) in [5.74, 6) is 0. The lowest BCUT2D eigenvalue weighted by Gasteiger charge is -2.04. The number of benzene rings is 2. The van der Waals surface area contributed by atoms with Crippen molar-refractivity contribution in [1.29, 1.82) is 0 Å². The van der Waals surface area contributed by atoms with Gasteiger partial charge in [0.1, 0.15) is 11.2 Å². The maximum Gasteiger partial charge on any atom is 0.135 e. The number of hydrogen-bond donors (Lipinski definition) is 0. The molecule has 21 heavy (non-hydrogen) atoms. The van der Waals surface area contributed by atoms with Gasteiger partial charge in [-0.3, -0.25) is 4.99 Å². The summed E-state index contributed by atoms with van der Waals surface area (Å²) in [5, 5.41) is 2.31. The maximum atomic E-state index is 5.87. The van der Waals surface area contributed by atoms with Gasteiger partial charge in [-0.05, 0) is 50.1 Å². The molecule has 1 heterocycles. The summed E-state index contributed by atoms with van der Waals surface area (Å²) in [6.45, 7) is 6.18. The number of para-hydroxylation sites is 1.